The molecule has 1 amide bonds. The van der Waals surface area contributed by atoms with Gasteiger partial charge in [-0.3, -0.25) is 19.8 Å². The summed E-state index contributed by atoms with van der Waals surface area (Å²) in [7, 11) is 0. The Morgan fingerprint density at radius 3 is 2.46 bits per heavy atom. The molecule has 1 saturated heterocycles. The van der Waals surface area contributed by atoms with Gasteiger partial charge in [-0.05, 0) is 32.9 Å². The number of rotatable bonds is 4. The Kier molecular flexibility index (Phi) is 5.38. The van der Waals surface area contributed by atoms with Crippen molar-refractivity contribution in [2.45, 2.75) is 26.3 Å². The van der Waals surface area contributed by atoms with Crippen LogP contribution in [0.3, 0.4) is 0 Å². The number of hydrogen-bond acceptors (Lipinski definition) is 5. The first-order valence-corrected chi connectivity index (χ1v) is 7.88. The van der Waals surface area contributed by atoms with Crippen LogP contribution in [0.5, 0.6) is 0 Å². The summed E-state index contributed by atoms with van der Waals surface area (Å²) in [5, 5.41) is 14.0. The molecule has 0 aromatic heterocycles. The first-order valence-electron chi connectivity index (χ1n) is 7.88. The van der Waals surface area contributed by atoms with Gasteiger partial charge in [0.15, 0.2) is 0 Å². The van der Waals surface area contributed by atoms with E-state index in [1.165, 1.54) is 12.1 Å². The van der Waals surface area contributed by atoms with Gasteiger partial charge in [-0.15, -0.1) is 0 Å². The molecule has 2 rings (SSSR count). The van der Waals surface area contributed by atoms with E-state index in [0.29, 0.717) is 38.4 Å². The zero-order valence-electron chi connectivity index (χ0n) is 14.2. The van der Waals surface area contributed by atoms with Crippen LogP contribution in [-0.4, -0.2) is 54.0 Å². The third-order valence-electron chi connectivity index (χ3n) is 3.73. The van der Waals surface area contributed by atoms with Crippen LogP contribution in [0, 0.1) is 15.9 Å². The standard InChI is InChI=1S/C16H23FN4O3/c1-16(2,3)18-15(22)11-19-6-8-20(9-7-19)13-5-4-12(17)10-14(13)21(23)24/h4-5,10H,6-9,11H2,1-3H3,(H,18,22). The Balaban J connectivity index is 1.96. The molecule has 0 atom stereocenters. The van der Waals surface area contributed by atoms with E-state index < -0.39 is 10.7 Å². The van der Waals surface area contributed by atoms with Gasteiger partial charge in [0.1, 0.15) is 11.5 Å². The third kappa shape index (κ3) is 4.89. The fourth-order valence-corrected chi connectivity index (χ4v) is 2.72. The second-order valence-corrected chi connectivity index (χ2v) is 6.95. The van der Waals surface area contributed by atoms with Crippen molar-refractivity contribution in [2.75, 3.05) is 37.6 Å². The number of nitrogens with one attached hydrogen (secondary N) is 1. The fraction of sp³-hybridized carbons (Fsp3) is 0.562. The van der Waals surface area contributed by atoms with Gasteiger partial charge in [-0.25, -0.2) is 4.39 Å². The Morgan fingerprint density at radius 1 is 1.29 bits per heavy atom. The minimum Gasteiger partial charge on any atom is -0.363 e. The molecule has 0 unspecified atom stereocenters. The SMILES string of the molecule is CC(C)(C)NC(=O)CN1CCN(c2ccc(F)cc2[N+](=O)[O-])CC1. The number of amides is 1. The molecule has 1 aromatic carbocycles. The van der Waals surface area contributed by atoms with Crippen LogP contribution >= 0.6 is 0 Å². The van der Waals surface area contributed by atoms with Crippen LogP contribution in [0.2, 0.25) is 0 Å². The maximum Gasteiger partial charge on any atom is 0.295 e. The molecule has 0 bridgehead atoms. The first kappa shape index (κ1) is 18.1. The number of carbonyl (C=O) groups is 1. The molecule has 0 aliphatic carbocycles. The van der Waals surface area contributed by atoms with E-state index in [-0.39, 0.29) is 17.1 Å². The fourth-order valence-electron chi connectivity index (χ4n) is 2.72. The van der Waals surface area contributed by atoms with Crippen molar-refractivity contribution in [1.29, 1.82) is 0 Å². The number of hydrogen-bond donors (Lipinski definition) is 1. The first-order chi connectivity index (χ1) is 11.2. The number of anilines is 1. The Morgan fingerprint density at radius 2 is 1.92 bits per heavy atom. The number of benzene rings is 1. The minimum absolute atomic E-state index is 0.0382. The molecule has 1 fully saturated rings. The summed E-state index contributed by atoms with van der Waals surface area (Å²) in [6.07, 6.45) is 0. The van der Waals surface area contributed by atoms with E-state index >= 15 is 0 Å². The van der Waals surface area contributed by atoms with E-state index in [0.717, 1.165) is 6.07 Å². The Bertz CT molecular complexity index is 622. The lowest BCUT2D eigenvalue weighted by molar-refractivity contribution is -0.384. The van der Waals surface area contributed by atoms with Crippen molar-refractivity contribution in [1.82, 2.24) is 10.2 Å². The van der Waals surface area contributed by atoms with Crippen molar-refractivity contribution in [3.63, 3.8) is 0 Å². The molecule has 1 aliphatic rings. The molecule has 7 nitrogen and oxygen atoms in total. The predicted molar refractivity (Wildman–Crippen MR) is 89.6 cm³/mol. The number of nitro benzene ring substituents is 1. The van der Waals surface area contributed by atoms with Gasteiger partial charge in [0.25, 0.3) is 5.69 Å². The zero-order chi connectivity index (χ0) is 17.9. The van der Waals surface area contributed by atoms with Gasteiger partial charge in [-0.1, -0.05) is 0 Å². The van der Waals surface area contributed by atoms with Crippen molar-refractivity contribution in [2.24, 2.45) is 0 Å². The minimum atomic E-state index is -0.622. The molecule has 8 heteroatoms. The molecule has 0 radical (unpaired) electrons. The third-order valence-corrected chi connectivity index (χ3v) is 3.73. The van der Waals surface area contributed by atoms with E-state index in [9.17, 15) is 19.3 Å². The molecule has 1 aromatic rings. The molecular formula is C16H23FN4O3. The number of nitro groups is 1. The smallest absolute Gasteiger partial charge is 0.295 e. The van der Waals surface area contributed by atoms with Gasteiger partial charge < -0.3 is 10.2 Å². The van der Waals surface area contributed by atoms with Crippen molar-refractivity contribution in [3.8, 4) is 0 Å². The summed E-state index contributed by atoms with van der Waals surface area (Å²) in [6.45, 7) is 8.42. The summed E-state index contributed by atoms with van der Waals surface area (Å²) < 4.78 is 13.2. The summed E-state index contributed by atoms with van der Waals surface area (Å²) in [6, 6.07) is 3.61. The van der Waals surface area contributed by atoms with Gasteiger partial charge >= 0.3 is 0 Å². The highest BCUT2D eigenvalue weighted by Crippen LogP contribution is 2.29. The second-order valence-electron chi connectivity index (χ2n) is 6.95. The van der Waals surface area contributed by atoms with Crippen molar-refractivity contribution < 1.29 is 14.1 Å². The van der Waals surface area contributed by atoms with E-state index in [1.54, 1.807) is 0 Å². The van der Waals surface area contributed by atoms with Crippen LogP contribution < -0.4 is 10.2 Å². The lowest BCUT2D eigenvalue weighted by Crippen LogP contribution is -2.51. The molecule has 1 aliphatic heterocycles. The van der Waals surface area contributed by atoms with Crippen LogP contribution in [0.15, 0.2) is 18.2 Å². The quantitative estimate of drug-likeness (QED) is 0.669. The molecule has 1 heterocycles. The number of piperazine rings is 1. The van der Waals surface area contributed by atoms with Gasteiger partial charge in [-0.2, -0.15) is 0 Å². The van der Waals surface area contributed by atoms with E-state index in [1.807, 2.05) is 30.6 Å². The lowest BCUT2D eigenvalue weighted by atomic mass is 10.1. The zero-order valence-corrected chi connectivity index (χ0v) is 14.2. The summed E-state index contributed by atoms with van der Waals surface area (Å²) in [4.78, 5) is 26.4. The van der Waals surface area contributed by atoms with E-state index in [2.05, 4.69) is 5.32 Å². The lowest BCUT2D eigenvalue weighted by Gasteiger charge is -2.35. The largest absolute Gasteiger partial charge is 0.363 e. The molecular weight excluding hydrogens is 315 g/mol. The highest BCUT2D eigenvalue weighted by molar-refractivity contribution is 5.78. The van der Waals surface area contributed by atoms with Crippen molar-refractivity contribution in [3.05, 3.63) is 34.1 Å². The Hall–Kier alpha value is -2.22. The van der Waals surface area contributed by atoms with Crippen LogP contribution in [0.4, 0.5) is 15.8 Å². The summed E-state index contributed by atoms with van der Waals surface area (Å²) >= 11 is 0. The van der Waals surface area contributed by atoms with Crippen LogP contribution in [0.1, 0.15) is 20.8 Å². The monoisotopic (exact) mass is 338 g/mol. The molecule has 0 spiro atoms. The molecule has 132 valence electrons. The molecule has 0 saturated carbocycles. The number of carbonyl (C=O) groups excluding carboxylic acids is 1. The normalized spacial score (nSPS) is 16.1. The summed E-state index contributed by atoms with van der Waals surface area (Å²) in [5.41, 5.74) is -0.0812. The maximum atomic E-state index is 13.2. The predicted octanol–water partition coefficient (Wildman–Crippen LogP) is 1.77. The van der Waals surface area contributed by atoms with E-state index in [4.69, 9.17) is 0 Å². The Labute approximate surface area is 140 Å². The number of halogens is 1. The van der Waals surface area contributed by atoms with Crippen LogP contribution in [-0.2, 0) is 4.79 Å². The molecule has 1 N–H and O–H groups in total. The van der Waals surface area contributed by atoms with Crippen molar-refractivity contribution >= 4 is 17.3 Å². The van der Waals surface area contributed by atoms with Gasteiger partial charge in [0.05, 0.1) is 17.5 Å². The number of nitrogens with zero attached hydrogens (tertiary/aromatic N) is 3. The highest BCUT2D eigenvalue weighted by atomic mass is 19.1. The van der Waals surface area contributed by atoms with Gasteiger partial charge in [0, 0.05) is 31.7 Å². The molecule has 24 heavy (non-hydrogen) atoms. The highest BCUT2D eigenvalue weighted by Gasteiger charge is 2.25. The second kappa shape index (κ2) is 7.12. The average molecular weight is 338 g/mol. The summed E-state index contributed by atoms with van der Waals surface area (Å²) in [5.74, 6) is -0.661. The van der Waals surface area contributed by atoms with Crippen LogP contribution in [0.25, 0.3) is 0 Å². The maximum absolute atomic E-state index is 13.2. The topological polar surface area (TPSA) is 78.7 Å². The average Bonchev–Trinajstić information content (AvgIpc) is 2.46. The van der Waals surface area contributed by atoms with Gasteiger partial charge in [0.2, 0.25) is 5.91 Å².